The summed E-state index contributed by atoms with van der Waals surface area (Å²) in [5.74, 6) is 0.178. The second-order valence-corrected chi connectivity index (χ2v) is 6.76. The first-order valence-corrected chi connectivity index (χ1v) is 9.39. The highest BCUT2D eigenvalue weighted by Crippen LogP contribution is 2.36. The molecule has 0 radical (unpaired) electrons. The molecule has 0 saturated carbocycles. The van der Waals surface area contributed by atoms with Crippen molar-refractivity contribution in [2.45, 2.75) is 13.5 Å². The summed E-state index contributed by atoms with van der Waals surface area (Å²) in [7, 11) is 1.77. The van der Waals surface area contributed by atoms with Gasteiger partial charge in [-0.15, -0.1) is 0 Å². The number of aryl methyl sites for hydroxylation is 2. The largest absolute Gasteiger partial charge is 0.492 e. The Labute approximate surface area is 172 Å². The van der Waals surface area contributed by atoms with E-state index >= 15 is 0 Å². The number of hydrogen-bond acceptors (Lipinski definition) is 5. The van der Waals surface area contributed by atoms with E-state index < -0.39 is 5.91 Å². The highest BCUT2D eigenvalue weighted by Gasteiger charge is 2.19. The van der Waals surface area contributed by atoms with Crippen LogP contribution in [0.3, 0.4) is 0 Å². The highest BCUT2D eigenvalue weighted by atomic mass is 35.5. The number of rotatable bonds is 7. The second kappa shape index (κ2) is 8.64. The van der Waals surface area contributed by atoms with Gasteiger partial charge in [0.25, 0.3) is 5.91 Å². The third-order valence-corrected chi connectivity index (χ3v) is 4.57. The van der Waals surface area contributed by atoms with Gasteiger partial charge in [0.1, 0.15) is 12.4 Å². The van der Waals surface area contributed by atoms with Crippen molar-refractivity contribution in [3.05, 3.63) is 46.3 Å². The quantitative estimate of drug-likeness (QED) is 0.608. The van der Waals surface area contributed by atoms with Crippen molar-refractivity contribution in [1.29, 1.82) is 0 Å². The van der Waals surface area contributed by atoms with Crippen molar-refractivity contribution >= 4 is 34.8 Å². The van der Waals surface area contributed by atoms with Gasteiger partial charge in [0, 0.05) is 37.6 Å². The summed E-state index contributed by atoms with van der Waals surface area (Å²) in [4.78, 5) is 12.6. The van der Waals surface area contributed by atoms with E-state index in [1.807, 2.05) is 6.92 Å². The van der Waals surface area contributed by atoms with Crippen LogP contribution in [0.15, 0.2) is 30.6 Å². The molecule has 0 bridgehead atoms. The van der Waals surface area contributed by atoms with Crippen LogP contribution in [-0.2, 0) is 13.6 Å². The van der Waals surface area contributed by atoms with Crippen molar-refractivity contribution in [1.82, 2.24) is 19.6 Å². The number of aromatic nitrogens is 4. The van der Waals surface area contributed by atoms with Gasteiger partial charge in [-0.25, -0.2) is 0 Å². The summed E-state index contributed by atoms with van der Waals surface area (Å²) >= 11 is 12.4. The number of hydrogen-bond donors (Lipinski definition) is 2. The molecule has 148 valence electrons. The van der Waals surface area contributed by atoms with Gasteiger partial charge in [0.2, 0.25) is 0 Å². The summed E-state index contributed by atoms with van der Waals surface area (Å²) < 4.78 is 8.96. The molecule has 2 heterocycles. The van der Waals surface area contributed by atoms with Crippen LogP contribution in [0.5, 0.6) is 5.75 Å². The molecular weight excluding hydrogens is 403 g/mol. The number of amides is 1. The molecule has 0 unspecified atom stereocenters. The minimum Gasteiger partial charge on any atom is -0.492 e. The van der Waals surface area contributed by atoms with Crippen molar-refractivity contribution in [3.63, 3.8) is 0 Å². The summed E-state index contributed by atoms with van der Waals surface area (Å²) in [5.41, 5.74) is 7.59. The van der Waals surface area contributed by atoms with Gasteiger partial charge < -0.3 is 15.8 Å². The molecule has 0 aliphatic carbocycles. The average Bonchev–Trinajstić information content (AvgIpc) is 3.22. The number of nitrogens with one attached hydrogen (secondary N) is 1. The maximum absolute atomic E-state index is 12.6. The fourth-order valence-electron chi connectivity index (χ4n) is 2.70. The lowest BCUT2D eigenvalue weighted by Gasteiger charge is -2.14. The van der Waals surface area contributed by atoms with Gasteiger partial charge in [-0.05, 0) is 25.1 Å². The molecule has 0 fully saturated rings. The highest BCUT2D eigenvalue weighted by molar-refractivity contribution is 6.34. The van der Waals surface area contributed by atoms with Crippen LogP contribution in [0.2, 0.25) is 10.0 Å². The zero-order chi connectivity index (χ0) is 20.3. The van der Waals surface area contributed by atoms with Gasteiger partial charge in [-0.2, -0.15) is 10.2 Å². The predicted octanol–water partition coefficient (Wildman–Crippen LogP) is 3.20. The zero-order valence-electron chi connectivity index (χ0n) is 15.4. The maximum atomic E-state index is 12.6. The van der Waals surface area contributed by atoms with Crippen molar-refractivity contribution < 1.29 is 9.53 Å². The first-order valence-electron chi connectivity index (χ1n) is 8.63. The molecule has 1 amide bonds. The molecule has 3 N–H and O–H groups in total. The summed E-state index contributed by atoms with van der Waals surface area (Å²) in [5, 5.41) is 11.9. The number of nitrogens with two attached hydrogens (primary N) is 1. The van der Waals surface area contributed by atoms with Gasteiger partial charge in [-0.3, -0.25) is 14.2 Å². The average molecular weight is 423 g/mol. The molecule has 0 atom stereocenters. The molecule has 0 saturated heterocycles. The van der Waals surface area contributed by atoms with Crippen LogP contribution in [0.4, 0.5) is 5.69 Å². The van der Waals surface area contributed by atoms with Crippen molar-refractivity contribution in [3.8, 4) is 17.0 Å². The Morgan fingerprint density at radius 3 is 2.71 bits per heavy atom. The number of ether oxygens (including phenoxy) is 1. The lowest BCUT2D eigenvalue weighted by Crippen LogP contribution is -2.14. The van der Waals surface area contributed by atoms with Gasteiger partial charge >= 0.3 is 0 Å². The standard InChI is InChI=1S/C18H20Cl2N6O2/c1-3-26-10-14(20)16(24-26)18(27)23-11-4-5-15(28-7-6-21)12(8-11)17-13(19)9-22-25(17)2/h4-5,8-10H,3,6-7,21H2,1-2H3,(H,23,27). The predicted molar refractivity (Wildman–Crippen MR) is 109 cm³/mol. The van der Waals surface area contributed by atoms with E-state index in [1.54, 1.807) is 47.0 Å². The molecule has 0 spiro atoms. The third-order valence-electron chi connectivity index (χ3n) is 4.02. The number of carbonyl (C=O) groups is 1. The van der Waals surface area contributed by atoms with E-state index in [4.69, 9.17) is 33.7 Å². The SMILES string of the molecule is CCn1cc(Cl)c(C(=O)Nc2ccc(OCCN)c(-c3c(Cl)cnn3C)c2)n1. The van der Waals surface area contributed by atoms with E-state index in [0.29, 0.717) is 47.4 Å². The maximum Gasteiger partial charge on any atom is 0.277 e. The number of anilines is 1. The number of nitrogens with zero attached hydrogens (tertiary/aromatic N) is 4. The smallest absolute Gasteiger partial charge is 0.277 e. The summed E-state index contributed by atoms with van der Waals surface area (Å²) in [6.45, 7) is 3.24. The first-order chi connectivity index (χ1) is 13.4. The molecule has 10 heteroatoms. The topological polar surface area (TPSA) is 100.0 Å². The Kier molecular flexibility index (Phi) is 6.23. The molecule has 3 aromatic rings. The molecule has 0 aliphatic rings. The van der Waals surface area contributed by atoms with E-state index in [9.17, 15) is 4.79 Å². The van der Waals surface area contributed by atoms with Gasteiger partial charge in [0.15, 0.2) is 5.69 Å². The van der Waals surface area contributed by atoms with Crippen LogP contribution >= 0.6 is 23.2 Å². The fourth-order valence-corrected chi connectivity index (χ4v) is 3.21. The number of benzene rings is 1. The van der Waals surface area contributed by atoms with Crippen LogP contribution < -0.4 is 15.8 Å². The fraction of sp³-hybridized carbons (Fsp3) is 0.278. The first kappa shape index (κ1) is 20.2. The van der Waals surface area contributed by atoms with Crippen LogP contribution in [0, 0.1) is 0 Å². The molecular formula is C18H20Cl2N6O2. The number of halogens is 2. The van der Waals surface area contributed by atoms with E-state index in [2.05, 4.69) is 15.5 Å². The lowest BCUT2D eigenvalue weighted by atomic mass is 10.1. The third kappa shape index (κ3) is 4.14. The Morgan fingerprint density at radius 1 is 1.32 bits per heavy atom. The van der Waals surface area contributed by atoms with Crippen LogP contribution in [0.1, 0.15) is 17.4 Å². The Morgan fingerprint density at radius 2 is 2.11 bits per heavy atom. The Balaban J connectivity index is 1.95. The zero-order valence-corrected chi connectivity index (χ0v) is 17.0. The Hall–Kier alpha value is -2.55. The molecule has 2 aromatic heterocycles. The van der Waals surface area contributed by atoms with E-state index in [0.717, 1.165) is 0 Å². The van der Waals surface area contributed by atoms with Gasteiger partial charge in [0.05, 0.1) is 21.9 Å². The van der Waals surface area contributed by atoms with Crippen LogP contribution in [0.25, 0.3) is 11.3 Å². The lowest BCUT2D eigenvalue weighted by molar-refractivity contribution is 0.102. The minimum absolute atomic E-state index is 0.159. The molecule has 28 heavy (non-hydrogen) atoms. The monoisotopic (exact) mass is 422 g/mol. The molecule has 1 aromatic carbocycles. The van der Waals surface area contributed by atoms with Crippen LogP contribution in [-0.4, -0.2) is 38.6 Å². The van der Waals surface area contributed by atoms with E-state index in [1.165, 1.54) is 0 Å². The summed E-state index contributed by atoms with van der Waals surface area (Å²) in [6, 6.07) is 5.23. The second-order valence-electron chi connectivity index (χ2n) is 5.95. The molecule has 8 nitrogen and oxygen atoms in total. The minimum atomic E-state index is -0.408. The van der Waals surface area contributed by atoms with Gasteiger partial charge in [-0.1, -0.05) is 23.2 Å². The van der Waals surface area contributed by atoms with Crippen molar-refractivity contribution in [2.75, 3.05) is 18.5 Å². The summed E-state index contributed by atoms with van der Waals surface area (Å²) in [6.07, 6.45) is 3.16. The number of carbonyl (C=O) groups excluding carboxylic acids is 1. The Bertz CT molecular complexity index is 979. The molecule has 0 aliphatic heterocycles. The normalized spacial score (nSPS) is 10.9. The molecule has 3 rings (SSSR count). The van der Waals surface area contributed by atoms with Crippen molar-refractivity contribution in [2.24, 2.45) is 12.8 Å². The van der Waals surface area contributed by atoms with E-state index in [-0.39, 0.29) is 10.7 Å².